The van der Waals surface area contributed by atoms with Crippen LogP contribution >= 0.6 is 15.9 Å². The Hall–Kier alpha value is -1.07. The van der Waals surface area contributed by atoms with Gasteiger partial charge in [-0.15, -0.1) is 6.42 Å². The molecule has 1 rings (SSSR count). The molecule has 0 bridgehead atoms. The van der Waals surface area contributed by atoms with Crippen molar-refractivity contribution < 1.29 is 4.79 Å². The first-order valence-electron chi connectivity index (χ1n) is 3.88. The first kappa shape index (κ1) is 10.0. The topological polar surface area (TPSA) is 17.1 Å². The third-order valence-corrected chi connectivity index (χ3v) is 2.63. The largest absolute Gasteiger partial charge is 0.293 e. The number of halogens is 1. The zero-order chi connectivity index (χ0) is 9.84. The molecule has 0 amide bonds. The maximum absolute atomic E-state index is 11.4. The van der Waals surface area contributed by atoms with Crippen LogP contribution in [0.25, 0.3) is 0 Å². The second kappa shape index (κ2) is 4.25. The fourth-order valence-electron chi connectivity index (χ4n) is 1.01. The van der Waals surface area contributed by atoms with E-state index in [1.165, 1.54) is 0 Å². The Morgan fingerprint density at radius 3 is 2.85 bits per heavy atom. The van der Waals surface area contributed by atoms with E-state index < -0.39 is 0 Å². The zero-order valence-electron chi connectivity index (χ0n) is 7.30. The fraction of sp³-hybridized carbons (Fsp3) is 0.182. The standard InChI is InChI=1S/C11H9BrO/c1-3-4-11(13)9-5-6-10(12)8(2)7-9/h1,5-7H,4H2,2H3. The number of carbonyl (C=O) groups excluding carboxylic acids is 1. The van der Waals surface area contributed by atoms with Gasteiger partial charge in [0.25, 0.3) is 0 Å². The van der Waals surface area contributed by atoms with Gasteiger partial charge in [-0.3, -0.25) is 4.79 Å². The number of benzene rings is 1. The van der Waals surface area contributed by atoms with E-state index in [-0.39, 0.29) is 12.2 Å². The smallest absolute Gasteiger partial charge is 0.174 e. The van der Waals surface area contributed by atoms with Crippen LogP contribution in [0.4, 0.5) is 0 Å². The second-order valence-corrected chi connectivity index (χ2v) is 3.62. The van der Waals surface area contributed by atoms with Crippen molar-refractivity contribution in [2.45, 2.75) is 13.3 Å². The number of ketones is 1. The molecule has 0 aliphatic carbocycles. The van der Waals surface area contributed by atoms with Crippen LogP contribution in [0, 0.1) is 19.3 Å². The van der Waals surface area contributed by atoms with Crippen LogP contribution in [0.2, 0.25) is 0 Å². The van der Waals surface area contributed by atoms with Crippen molar-refractivity contribution in [3.8, 4) is 12.3 Å². The predicted molar refractivity (Wildman–Crippen MR) is 56.7 cm³/mol. The minimum atomic E-state index is -0.00176. The maximum atomic E-state index is 11.4. The number of aryl methyl sites for hydroxylation is 1. The molecule has 0 heterocycles. The highest BCUT2D eigenvalue weighted by atomic mass is 79.9. The van der Waals surface area contributed by atoms with E-state index in [1.54, 1.807) is 6.07 Å². The summed E-state index contributed by atoms with van der Waals surface area (Å²) in [6.07, 6.45) is 5.22. The summed E-state index contributed by atoms with van der Waals surface area (Å²) in [5.74, 6) is 2.34. The average Bonchev–Trinajstić information content (AvgIpc) is 2.10. The summed E-state index contributed by atoms with van der Waals surface area (Å²) < 4.78 is 1.00. The minimum absolute atomic E-state index is 0.00176. The predicted octanol–water partition coefficient (Wildman–Crippen LogP) is 2.96. The summed E-state index contributed by atoms with van der Waals surface area (Å²) in [7, 11) is 0. The maximum Gasteiger partial charge on any atom is 0.174 e. The highest BCUT2D eigenvalue weighted by molar-refractivity contribution is 9.10. The monoisotopic (exact) mass is 236 g/mol. The lowest BCUT2D eigenvalue weighted by Gasteiger charge is -2.00. The quantitative estimate of drug-likeness (QED) is 0.570. The summed E-state index contributed by atoms with van der Waals surface area (Å²) in [5, 5.41) is 0. The van der Waals surface area contributed by atoms with Gasteiger partial charge in [-0.25, -0.2) is 0 Å². The van der Waals surface area contributed by atoms with Crippen LogP contribution in [0.3, 0.4) is 0 Å². The molecule has 0 aliphatic heterocycles. The Labute approximate surface area is 86.3 Å². The Morgan fingerprint density at radius 2 is 2.31 bits per heavy atom. The van der Waals surface area contributed by atoms with Crippen molar-refractivity contribution in [3.63, 3.8) is 0 Å². The van der Waals surface area contributed by atoms with Gasteiger partial charge in [-0.2, -0.15) is 0 Å². The van der Waals surface area contributed by atoms with Crippen LogP contribution in [0.15, 0.2) is 22.7 Å². The second-order valence-electron chi connectivity index (χ2n) is 2.77. The van der Waals surface area contributed by atoms with E-state index >= 15 is 0 Å². The molecule has 2 heteroatoms. The van der Waals surface area contributed by atoms with Crippen molar-refractivity contribution in [2.75, 3.05) is 0 Å². The van der Waals surface area contributed by atoms with Crippen molar-refractivity contribution >= 4 is 21.7 Å². The SMILES string of the molecule is C#CCC(=O)c1ccc(Br)c(C)c1. The summed E-state index contributed by atoms with van der Waals surface area (Å²) in [5.41, 5.74) is 1.72. The zero-order valence-corrected chi connectivity index (χ0v) is 8.89. The molecule has 1 aromatic carbocycles. The van der Waals surface area contributed by atoms with Gasteiger partial charge in [0.2, 0.25) is 0 Å². The van der Waals surface area contributed by atoms with E-state index in [0.717, 1.165) is 10.0 Å². The third-order valence-electron chi connectivity index (χ3n) is 1.74. The molecular weight excluding hydrogens is 228 g/mol. The normalized spacial score (nSPS) is 9.31. The molecule has 0 aromatic heterocycles. The number of hydrogen-bond acceptors (Lipinski definition) is 1. The molecule has 0 saturated heterocycles. The lowest BCUT2D eigenvalue weighted by molar-refractivity contribution is 0.0998. The van der Waals surface area contributed by atoms with Gasteiger partial charge >= 0.3 is 0 Å². The van der Waals surface area contributed by atoms with Gasteiger partial charge in [-0.1, -0.05) is 27.9 Å². The molecule has 0 atom stereocenters. The van der Waals surface area contributed by atoms with Gasteiger partial charge in [0.15, 0.2) is 5.78 Å². The molecule has 13 heavy (non-hydrogen) atoms. The number of rotatable bonds is 2. The molecule has 0 saturated carbocycles. The van der Waals surface area contributed by atoms with Crippen molar-refractivity contribution in [3.05, 3.63) is 33.8 Å². The molecule has 1 aromatic rings. The molecule has 0 fully saturated rings. The summed E-state index contributed by atoms with van der Waals surface area (Å²) in [6, 6.07) is 5.47. The van der Waals surface area contributed by atoms with Crippen LogP contribution in [-0.2, 0) is 0 Å². The Balaban J connectivity index is 2.98. The van der Waals surface area contributed by atoms with Gasteiger partial charge in [0.1, 0.15) is 0 Å². The van der Waals surface area contributed by atoms with E-state index in [9.17, 15) is 4.79 Å². The molecule has 0 spiro atoms. The van der Waals surface area contributed by atoms with Crippen LogP contribution in [0.5, 0.6) is 0 Å². The number of Topliss-reactive ketones (excluding diaryl/α,β-unsaturated/α-hetero) is 1. The lowest BCUT2D eigenvalue weighted by atomic mass is 10.1. The van der Waals surface area contributed by atoms with Crippen molar-refractivity contribution in [1.82, 2.24) is 0 Å². The first-order chi connectivity index (χ1) is 6.15. The third kappa shape index (κ3) is 2.43. The first-order valence-corrected chi connectivity index (χ1v) is 4.67. The van der Waals surface area contributed by atoms with Crippen LogP contribution in [0.1, 0.15) is 22.3 Å². The highest BCUT2D eigenvalue weighted by Crippen LogP contribution is 2.17. The molecule has 1 nitrogen and oxygen atoms in total. The number of hydrogen-bond donors (Lipinski definition) is 0. The molecule has 0 radical (unpaired) electrons. The Bertz CT molecular complexity index is 374. The molecule has 0 unspecified atom stereocenters. The van der Waals surface area contributed by atoms with Crippen LogP contribution < -0.4 is 0 Å². The molecule has 0 N–H and O–H groups in total. The number of carbonyl (C=O) groups is 1. The van der Waals surface area contributed by atoms with Gasteiger partial charge in [0.05, 0.1) is 6.42 Å². The highest BCUT2D eigenvalue weighted by Gasteiger charge is 2.04. The van der Waals surface area contributed by atoms with E-state index in [4.69, 9.17) is 6.42 Å². The van der Waals surface area contributed by atoms with Crippen LogP contribution in [-0.4, -0.2) is 5.78 Å². The minimum Gasteiger partial charge on any atom is -0.293 e. The summed E-state index contributed by atoms with van der Waals surface area (Å²) in [6.45, 7) is 1.94. The van der Waals surface area contributed by atoms with E-state index in [2.05, 4.69) is 21.9 Å². The fourth-order valence-corrected chi connectivity index (χ4v) is 1.26. The molecule has 0 aliphatic rings. The van der Waals surface area contributed by atoms with E-state index in [0.29, 0.717) is 5.56 Å². The lowest BCUT2D eigenvalue weighted by Crippen LogP contribution is -1.97. The van der Waals surface area contributed by atoms with Gasteiger partial charge in [-0.05, 0) is 24.6 Å². The van der Waals surface area contributed by atoms with Gasteiger partial charge in [0, 0.05) is 10.0 Å². The number of terminal acetylenes is 1. The van der Waals surface area contributed by atoms with Crippen molar-refractivity contribution in [1.29, 1.82) is 0 Å². The molecular formula is C11H9BrO. The average molecular weight is 237 g/mol. The van der Waals surface area contributed by atoms with E-state index in [1.807, 2.05) is 19.1 Å². The van der Waals surface area contributed by atoms with Gasteiger partial charge < -0.3 is 0 Å². The summed E-state index contributed by atoms with van der Waals surface area (Å²) in [4.78, 5) is 11.4. The Kier molecular flexibility index (Phi) is 3.27. The Morgan fingerprint density at radius 1 is 1.62 bits per heavy atom. The molecule has 66 valence electrons. The summed E-state index contributed by atoms with van der Waals surface area (Å²) >= 11 is 3.37. The van der Waals surface area contributed by atoms with Crippen molar-refractivity contribution in [2.24, 2.45) is 0 Å².